The smallest absolute Gasteiger partial charge is 0.195 e. The first-order valence-corrected chi connectivity index (χ1v) is 0.704. The molecular formula is C2H3OZr2. The van der Waals surface area contributed by atoms with Crippen LogP contribution in [-0.2, 0) is 57.2 Å². The molecule has 0 aromatic rings. The fourth-order valence-electron chi connectivity index (χ4n) is 0. The Labute approximate surface area is 69.8 Å². The summed E-state index contributed by atoms with van der Waals surface area (Å²) in [6.45, 7) is 1.32. The Hall–Kier alpha value is 1.44. The number of hydrogen-bond donors (Lipinski definition) is 0. The molecule has 0 bridgehead atoms. The van der Waals surface area contributed by atoms with E-state index < -0.39 is 0 Å². The summed E-state index contributed by atoms with van der Waals surface area (Å²) in [5.74, 6) is 0. The zero-order chi connectivity index (χ0) is 2.71. The van der Waals surface area contributed by atoms with E-state index in [1.165, 1.54) is 13.2 Å². The van der Waals surface area contributed by atoms with Gasteiger partial charge in [0.1, 0.15) is 0 Å². The van der Waals surface area contributed by atoms with Crippen LogP contribution in [-0.4, -0.2) is 6.29 Å². The van der Waals surface area contributed by atoms with Crippen LogP contribution in [0.1, 0.15) is 6.92 Å². The summed E-state index contributed by atoms with van der Waals surface area (Å²) in [6, 6.07) is 0. The summed E-state index contributed by atoms with van der Waals surface area (Å²) in [5, 5.41) is 0. The molecule has 0 amide bonds. The van der Waals surface area contributed by atoms with Gasteiger partial charge in [-0.1, -0.05) is 0 Å². The van der Waals surface area contributed by atoms with E-state index in [2.05, 4.69) is 0 Å². The molecule has 0 heterocycles. The summed E-state index contributed by atoms with van der Waals surface area (Å²) in [7, 11) is 0. The quantitative estimate of drug-likeness (QED) is 0.572. The molecule has 0 saturated heterocycles. The fraction of sp³-hybridized carbons (Fsp3) is 0.500. The Bertz CT molecular complexity index is 15.1. The van der Waals surface area contributed by atoms with Crippen LogP contribution in [0.15, 0.2) is 0 Å². The molecule has 0 fully saturated rings. The second kappa shape index (κ2) is 18.0. The Morgan fingerprint density at radius 3 is 1.40 bits per heavy atom. The van der Waals surface area contributed by atoms with Crippen LogP contribution >= 0.6 is 0 Å². The molecule has 25 valence electrons. The van der Waals surface area contributed by atoms with Gasteiger partial charge in [-0.05, 0) is 0 Å². The predicted molar refractivity (Wildman–Crippen MR) is 11.4 cm³/mol. The molecule has 0 aliphatic heterocycles. The van der Waals surface area contributed by atoms with Crippen molar-refractivity contribution in [2.24, 2.45) is 0 Å². The summed E-state index contributed by atoms with van der Waals surface area (Å²) < 4.78 is 0. The van der Waals surface area contributed by atoms with E-state index in [1.807, 2.05) is 0 Å². The molecule has 0 aliphatic carbocycles. The zero-order valence-corrected chi connectivity index (χ0v) is 7.82. The van der Waals surface area contributed by atoms with Crippen molar-refractivity contribution in [2.45, 2.75) is 6.92 Å². The topological polar surface area (TPSA) is 17.1 Å². The van der Waals surface area contributed by atoms with E-state index in [1.54, 1.807) is 0 Å². The predicted octanol–water partition coefficient (Wildman–Crippen LogP) is 0.111. The third-order valence-corrected chi connectivity index (χ3v) is 0. The fourth-order valence-corrected chi connectivity index (χ4v) is 0. The average Bonchev–Trinajstić information content (AvgIpc) is 0.918. The Kier molecular flexibility index (Phi) is 58.1. The van der Waals surface area contributed by atoms with E-state index in [0.717, 1.165) is 0 Å². The molecule has 0 aromatic carbocycles. The molecule has 5 heavy (non-hydrogen) atoms. The summed E-state index contributed by atoms with van der Waals surface area (Å²) >= 11 is 0. The van der Waals surface area contributed by atoms with E-state index in [4.69, 9.17) is 4.79 Å². The van der Waals surface area contributed by atoms with Crippen molar-refractivity contribution in [1.82, 2.24) is 0 Å². The summed E-state index contributed by atoms with van der Waals surface area (Å²) in [6.07, 6.45) is 1.50. The normalized spacial score (nSPS) is 2.60. The first-order chi connectivity index (χ1) is 1.41. The third kappa shape index (κ3) is 31.1. The second-order valence-electron chi connectivity index (χ2n) is 0.204. The van der Waals surface area contributed by atoms with Gasteiger partial charge in [-0.3, -0.25) is 4.79 Å². The molecular weight excluding hydrogens is 222 g/mol. The van der Waals surface area contributed by atoms with E-state index in [9.17, 15) is 0 Å². The van der Waals surface area contributed by atoms with Gasteiger partial charge in [0, 0.05) is 59.3 Å². The van der Waals surface area contributed by atoms with Gasteiger partial charge < -0.3 is 0 Å². The first-order valence-electron chi connectivity index (χ1n) is 0.704. The third-order valence-electron chi connectivity index (χ3n) is 0. The standard InChI is InChI=1S/C2H3O.2Zr/c1-2-3;;/h1H3;;. The Balaban J connectivity index is -0.0000000200. The van der Waals surface area contributed by atoms with Gasteiger partial charge in [0.15, 0.2) is 6.29 Å². The second-order valence-corrected chi connectivity index (χ2v) is 0.204. The number of rotatable bonds is 0. The van der Waals surface area contributed by atoms with Crippen LogP contribution in [0.4, 0.5) is 0 Å². The molecule has 0 rings (SSSR count). The van der Waals surface area contributed by atoms with E-state index in [-0.39, 0.29) is 52.4 Å². The van der Waals surface area contributed by atoms with Crippen molar-refractivity contribution in [3.63, 3.8) is 0 Å². The molecule has 0 saturated carbocycles. The largest absolute Gasteiger partial charge is 0.291 e. The Morgan fingerprint density at radius 2 is 1.40 bits per heavy atom. The van der Waals surface area contributed by atoms with Gasteiger partial charge in [-0.15, -0.1) is 0 Å². The maximum absolute atomic E-state index is 8.68. The van der Waals surface area contributed by atoms with E-state index in [0.29, 0.717) is 0 Å². The van der Waals surface area contributed by atoms with Gasteiger partial charge in [-0.2, -0.15) is 0 Å². The van der Waals surface area contributed by atoms with Crippen molar-refractivity contribution in [3.05, 3.63) is 0 Å². The first kappa shape index (κ1) is 16.1. The molecule has 0 unspecified atom stereocenters. The molecule has 0 spiro atoms. The van der Waals surface area contributed by atoms with E-state index >= 15 is 0 Å². The molecule has 0 aliphatic rings. The van der Waals surface area contributed by atoms with Crippen LogP contribution in [0, 0.1) is 0 Å². The minimum atomic E-state index is 0. The summed E-state index contributed by atoms with van der Waals surface area (Å²) in [4.78, 5) is 8.68. The number of hydrogen-bond acceptors (Lipinski definition) is 1. The van der Waals surface area contributed by atoms with Gasteiger partial charge in [0.2, 0.25) is 0 Å². The zero-order valence-electron chi connectivity index (χ0n) is 2.91. The molecule has 0 aromatic heterocycles. The maximum atomic E-state index is 8.68. The molecule has 0 atom stereocenters. The molecule has 3 heteroatoms. The van der Waals surface area contributed by atoms with Crippen molar-refractivity contribution in [3.8, 4) is 0 Å². The van der Waals surface area contributed by atoms with Crippen molar-refractivity contribution in [2.75, 3.05) is 0 Å². The molecule has 1 nitrogen and oxygen atoms in total. The van der Waals surface area contributed by atoms with Crippen LogP contribution in [0.2, 0.25) is 0 Å². The monoisotopic (exact) mass is 223 g/mol. The van der Waals surface area contributed by atoms with Crippen molar-refractivity contribution >= 4 is 6.29 Å². The molecule has 0 N–H and O–H groups in total. The van der Waals surface area contributed by atoms with Gasteiger partial charge in [0.25, 0.3) is 0 Å². The van der Waals surface area contributed by atoms with Crippen LogP contribution in [0.25, 0.3) is 0 Å². The van der Waals surface area contributed by atoms with Crippen LogP contribution in [0.3, 0.4) is 0 Å². The van der Waals surface area contributed by atoms with Gasteiger partial charge in [-0.25, -0.2) is 0 Å². The molecule has 1 radical (unpaired) electrons. The Morgan fingerprint density at radius 1 is 1.40 bits per heavy atom. The van der Waals surface area contributed by atoms with Crippen LogP contribution < -0.4 is 0 Å². The number of carbonyl (C=O) groups excluding carboxylic acids is 1. The van der Waals surface area contributed by atoms with Crippen LogP contribution in [0.5, 0.6) is 0 Å². The average molecular weight is 225 g/mol. The van der Waals surface area contributed by atoms with Crippen molar-refractivity contribution in [1.29, 1.82) is 0 Å². The maximum Gasteiger partial charge on any atom is 0.195 e. The van der Waals surface area contributed by atoms with Crippen molar-refractivity contribution < 1.29 is 57.2 Å². The summed E-state index contributed by atoms with van der Waals surface area (Å²) in [5.41, 5.74) is 0. The minimum absolute atomic E-state index is 0. The van der Waals surface area contributed by atoms with Gasteiger partial charge in [0.05, 0.1) is 0 Å². The van der Waals surface area contributed by atoms with Gasteiger partial charge >= 0.3 is 0 Å². The SMILES string of the molecule is C[C]=O.[Zr].[Zr]. The minimum Gasteiger partial charge on any atom is -0.291 e.